The molecule has 2 aliphatic carbocycles. The van der Waals surface area contributed by atoms with Gasteiger partial charge < -0.3 is 42.0 Å². The Hall–Kier alpha value is -3.42. The van der Waals surface area contributed by atoms with Gasteiger partial charge in [0.2, 0.25) is 17.7 Å². The maximum Gasteiger partial charge on any atom is 0.408 e. The number of alkyl carbamates (subject to hydrolysis) is 1. The average Bonchev–Trinajstić information content (AvgIpc) is 2.94. The number of rotatable bonds is 13. The van der Waals surface area contributed by atoms with Crippen molar-refractivity contribution in [3.05, 3.63) is 0 Å². The van der Waals surface area contributed by atoms with E-state index in [2.05, 4.69) is 21.3 Å². The van der Waals surface area contributed by atoms with Gasteiger partial charge in [0.05, 0.1) is 6.54 Å². The van der Waals surface area contributed by atoms with Gasteiger partial charge in [0.15, 0.2) is 0 Å². The van der Waals surface area contributed by atoms with Crippen LogP contribution in [0.1, 0.15) is 97.8 Å². The van der Waals surface area contributed by atoms with Crippen LogP contribution >= 0.6 is 0 Å². The normalized spacial score (nSPS) is 17.2. The lowest BCUT2D eigenvalue weighted by Crippen LogP contribution is -2.50. The number of carboxylic acid groups (broad SMARTS) is 2. The zero-order valence-electron chi connectivity index (χ0n) is 25.7. The zero-order chi connectivity index (χ0) is 32.4. The van der Waals surface area contributed by atoms with Gasteiger partial charge in [0, 0.05) is 0 Å². The zero-order valence-corrected chi connectivity index (χ0v) is 25.7. The Bertz CT molecular complexity index is 926. The van der Waals surface area contributed by atoms with Crippen LogP contribution in [0.15, 0.2) is 0 Å². The number of hydrogen-bond donors (Lipinski definition) is 7. The van der Waals surface area contributed by atoms with Crippen LogP contribution in [0.25, 0.3) is 0 Å². The van der Waals surface area contributed by atoms with Crippen LogP contribution in [0.5, 0.6) is 0 Å². The molecule has 0 unspecified atom stereocenters. The summed E-state index contributed by atoms with van der Waals surface area (Å²) in [6.07, 6.45) is 11.3. The highest BCUT2D eigenvalue weighted by atomic mass is 16.6. The third kappa shape index (κ3) is 18.0. The van der Waals surface area contributed by atoms with Gasteiger partial charge in [0.1, 0.15) is 30.8 Å². The Labute approximate surface area is 253 Å². The maximum atomic E-state index is 11.9. The molecule has 4 amide bonds. The van der Waals surface area contributed by atoms with Crippen molar-refractivity contribution in [2.24, 2.45) is 17.6 Å². The van der Waals surface area contributed by atoms with Crippen LogP contribution in [0, 0.1) is 11.8 Å². The molecule has 0 aliphatic heterocycles. The predicted octanol–water partition coefficient (Wildman–Crippen LogP) is 1.65. The fraction of sp³-hybridized carbons (Fsp3) is 0.793. The molecule has 14 nitrogen and oxygen atoms in total. The van der Waals surface area contributed by atoms with Gasteiger partial charge in [-0.05, 0) is 45.4 Å². The summed E-state index contributed by atoms with van der Waals surface area (Å²) in [5, 5.41) is 27.5. The summed E-state index contributed by atoms with van der Waals surface area (Å²) in [7, 11) is 0. The van der Waals surface area contributed by atoms with Crippen LogP contribution < -0.4 is 27.0 Å². The summed E-state index contributed by atoms with van der Waals surface area (Å²) in [6, 6.07) is -1.61. The lowest BCUT2D eigenvalue weighted by molar-refractivity contribution is -0.142. The van der Waals surface area contributed by atoms with E-state index in [1.807, 2.05) is 0 Å². The van der Waals surface area contributed by atoms with Gasteiger partial charge in [-0.3, -0.25) is 19.2 Å². The van der Waals surface area contributed by atoms with Gasteiger partial charge in [-0.25, -0.2) is 9.59 Å². The first-order valence-corrected chi connectivity index (χ1v) is 15.2. The minimum absolute atomic E-state index is 0.187. The first kappa shape index (κ1) is 37.6. The molecule has 0 aromatic heterocycles. The van der Waals surface area contributed by atoms with Crippen LogP contribution in [-0.2, 0) is 28.7 Å². The Kier molecular flexibility index (Phi) is 17.2. The van der Waals surface area contributed by atoms with E-state index in [9.17, 15) is 33.9 Å². The minimum Gasteiger partial charge on any atom is -0.480 e. The van der Waals surface area contributed by atoms with Gasteiger partial charge in [-0.1, -0.05) is 64.2 Å². The molecule has 0 spiro atoms. The molecular weight excluding hydrogens is 562 g/mol. The van der Waals surface area contributed by atoms with Crippen molar-refractivity contribution in [2.75, 3.05) is 19.6 Å². The summed E-state index contributed by atoms with van der Waals surface area (Å²) in [6.45, 7) is 4.22. The van der Waals surface area contributed by atoms with Crippen LogP contribution in [0.4, 0.5) is 4.79 Å². The number of nitrogens with one attached hydrogen (secondary N) is 4. The van der Waals surface area contributed by atoms with Crippen LogP contribution in [0.3, 0.4) is 0 Å². The molecule has 0 radical (unpaired) electrons. The minimum atomic E-state index is -1.11. The molecule has 0 saturated heterocycles. The van der Waals surface area contributed by atoms with Crippen molar-refractivity contribution >= 4 is 35.8 Å². The Morgan fingerprint density at radius 1 is 0.744 bits per heavy atom. The number of carbonyl (C=O) groups is 6. The van der Waals surface area contributed by atoms with Crippen molar-refractivity contribution in [3.8, 4) is 0 Å². The predicted molar refractivity (Wildman–Crippen MR) is 158 cm³/mol. The number of amides is 4. The number of carboxylic acids is 2. The molecule has 0 aromatic carbocycles. The summed E-state index contributed by atoms with van der Waals surface area (Å²) in [4.78, 5) is 68.4. The van der Waals surface area contributed by atoms with E-state index in [0.717, 1.165) is 51.4 Å². The smallest absolute Gasteiger partial charge is 0.408 e. The molecule has 0 bridgehead atoms. The first-order valence-electron chi connectivity index (χ1n) is 15.2. The fourth-order valence-electron chi connectivity index (χ4n) is 5.22. The highest BCUT2D eigenvalue weighted by Crippen LogP contribution is 2.28. The number of aliphatic carboxylic acids is 2. The number of ether oxygens (including phenoxy) is 1. The third-order valence-corrected chi connectivity index (χ3v) is 7.26. The topological polar surface area (TPSA) is 226 Å². The molecule has 2 atom stereocenters. The molecule has 14 heteroatoms. The van der Waals surface area contributed by atoms with Crippen molar-refractivity contribution in [3.63, 3.8) is 0 Å². The van der Waals surface area contributed by atoms with Crippen LogP contribution in [-0.4, -0.2) is 83.3 Å². The maximum absolute atomic E-state index is 11.9. The summed E-state index contributed by atoms with van der Waals surface area (Å²) in [5.41, 5.74) is 4.59. The van der Waals surface area contributed by atoms with E-state index >= 15 is 0 Å². The number of nitrogens with two attached hydrogens (primary N) is 1. The van der Waals surface area contributed by atoms with E-state index in [1.165, 1.54) is 12.8 Å². The van der Waals surface area contributed by atoms with E-state index < -0.39 is 60.0 Å². The molecule has 2 fully saturated rings. The van der Waals surface area contributed by atoms with Gasteiger partial charge >= 0.3 is 18.0 Å². The summed E-state index contributed by atoms with van der Waals surface area (Å²) in [5.74, 6) is -2.82. The largest absolute Gasteiger partial charge is 0.480 e. The van der Waals surface area contributed by atoms with Crippen molar-refractivity contribution in [2.45, 2.75) is 116 Å². The molecule has 43 heavy (non-hydrogen) atoms. The molecule has 0 heterocycles. The lowest BCUT2D eigenvalue weighted by Gasteiger charge is -2.26. The van der Waals surface area contributed by atoms with Crippen molar-refractivity contribution < 1.29 is 43.7 Å². The second-order valence-corrected chi connectivity index (χ2v) is 12.2. The van der Waals surface area contributed by atoms with Gasteiger partial charge in [0.25, 0.3) is 0 Å². The molecule has 8 N–H and O–H groups in total. The van der Waals surface area contributed by atoms with E-state index in [1.54, 1.807) is 20.8 Å². The molecule has 2 aliphatic rings. The van der Waals surface area contributed by atoms with E-state index in [-0.39, 0.29) is 13.1 Å². The molecule has 2 rings (SSSR count). The third-order valence-electron chi connectivity index (χ3n) is 7.26. The fourth-order valence-corrected chi connectivity index (χ4v) is 5.22. The molecule has 246 valence electrons. The second-order valence-electron chi connectivity index (χ2n) is 12.2. The van der Waals surface area contributed by atoms with Crippen LogP contribution in [0.2, 0.25) is 0 Å². The van der Waals surface area contributed by atoms with Crippen molar-refractivity contribution in [1.82, 2.24) is 21.3 Å². The SMILES string of the molecule is CC(C)(C)OC(=O)NCC(=O)N[C@H](CC1CCCCC1)C(=O)O.NCC(=O)N[C@H](CC1CCCCC1)C(=O)NCC(=O)O. The van der Waals surface area contributed by atoms with E-state index in [0.29, 0.717) is 24.7 Å². The first-order chi connectivity index (χ1) is 20.2. The Morgan fingerprint density at radius 3 is 1.67 bits per heavy atom. The number of hydrogen-bond acceptors (Lipinski definition) is 8. The van der Waals surface area contributed by atoms with Gasteiger partial charge in [-0.15, -0.1) is 0 Å². The monoisotopic (exact) mass is 613 g/mol. The Balaban J connectivity index is 0.000000434. The standard InChI is InChI=1S/C16H28N2O5.C13H23N3O4/c1-16(2,3)23-15(22)17-10-13(19)18-12(14(20)21)9-11-7-5-4-6-8-11;14-7-11(17)16-10(13(20)15-8-12(18)19)6-9-4-2-1-3-5-9/h11-12H,4-10H2,1-3H3,(H,17,22)(H,18,19)(H,20,21);9-10H,1-8,14H2,(H,15,20)(H,16,17)(H,18,19)/t12-;10-/m11/s1. The molecule has 2 saturated carbocycles. The second kappa shape index (κ2) is 19.7. The molecular formula is C29H51N5O9. The van der Waals surface area contributed by atoms with E-state index in [4.69, 9.17) is 15.6 Å². The quantitative estimate of drug-likeness (QED) is 0.159. The highest BCUT2D eigenvalue weighted by molar-refractivity contribution is 5.90. The Morgan fingerprint density at radius 2 is 1.23 bits per heavy atom. The van der Waals surface area contributed by atoms with Crippen molar-refractivity contribution in [1.29, 1.82) is 0 Å². The highest BCUT2D eigenvalue weighted by Gasteiger charge is 2.27. The number of carbonyl (C=O) groups excluding carboxylic acids is 4. The lowest BCUT2D eigenvalue weighted by atomic mass is 9.84. The summed E-state index contributed by atoms with van der Waals surface area (Å²) >= 11 is 0. The van der Waals surface area contributed by atoms with Gasteiger partial charge in [-0.2, -0.15) is 0 Å². The molecule has 0 aromatic rings. The average molecular weight is 614 g/mol. The summed E-state index contributed by atoms with van der Waals surface area (Å²) < 4.78 is 5.02.